The second kappa shape index (κ2) is 8.50. The van der Waals surface area contributed by atoms with Gasteiger partial charge in [0.15, 0.2) is 17.5 Å². The third-order valence-corrected chi connectivity index (χ3v) is 4.38. The Kier molecular flexibility index (Phi) is 5.87. The lowest BCUT2D eigenvalue weighted by molar-refractivity contribution is 1.04. The van der Waals surface area contributed by atoms with E-state index in [9.17, 15) is 0 Å². The summed E-state index contributed by atoms with van der Waals surface area (Å²) in [5.74, 6) is 1.88. The van der Waals surface area contributed by atoms with E-state index in [0.29, 0.717) is 17.5 Å². The molecule has 1 heterocycles. The van der Waals surface area contributed by atoms with Crippen LogP contribution < -0.4 is 0 Å². The molecule has 0 saturated carbocycles. The van der Waals surface area contributed by atoms with E-state index in [0.717, 1.165) is 21.2 Å². The predicted molar refractivity (Wildman–Crippen MR) is 111 cm³/mol. The first-order chi connectivity index (χ1) is 12.7. The van der Waals surface area contributed by atoms with E-state index < -0.39 is 0 Å². The molecule has 3 nitrogen and oxygen atoms in total. The molecule has 3 rings (SSSR count). The van der Waals surface area contributed by atoms with Crippen LogP contribution >= 0.6 is 15.9 Å². The molecule has 0 radical (unpaired) electrons. The maximum absolute atomic E-state index is 4.71. The zero-order valence-electron chi connectivity index (χ0n) is 14.4. The van der Waals surface area contributed by atoms with Crippen molar-refractivity contribution in [1.29, 1.82) is 0 Å². The Hall–Kier alpha value is -2.85. The van der Waals surface area contributed by atoms with Gasteiger partial charge in [0.05, 0.1) is 0 Å². The van der Waals surface area contributed by atoms with Crippen LogP contribution in [-0.2, 0) is 0 Å². The number of nitrogens with zero attached hydrogens (tertiary/aromatic N) is 3. The van der Waals surface area contributed by atoms with Gasteiger partial charge in [-0.1, -0.05) is 95.3 Å². The fraction of sp³-hybridized carbons (Fsp3) is 0.0455. The molecule has 0 unspecified atom stereocenters. The minimum Gasteiger partial charge on any atom is -0.208 e. The normalized spacial score (nSPS) is 11.7. The third-order valence-electron chi connectivity index (χ3n) is 3.68. The lowest BCUT2D eigenvalue weighted by atomic mass is 10.1. The zero-order valence-corrected chi connectivity index (χ0v) is 16.0. The smallest absolute Gasteiger partial charge is 0.165 e. The lowest BCUT2D eigenvalue weighted by Gasteiger charge is -2.09. The lowest BCUT2D eigenvalue weighted by Crippen LogP contribution is -2.02. The topological polar surface area (TPSA) is 38.7 Å². The Morgan fingerprint density at radius 2 is 1.62 bits per heavy atom. The first-order valence-corrected chi connectivity index (χ1v) is 9.04. The predicted octanol–water partition coefficient (Wildman–Crippen LogP) is 6.11. The molecular weight excluding hydrogens is 386 g/mol. The van der Waals surface area contributed by atoms with Gasteiger partial charge in [0.25, 0.3) is 0 Å². The minimum atomic E-state index is 0.614. The van der Waals surface area contributed by atoms with E-state index in [-0.39, 0.29) is 0 Å². The summed E-state index contributed by atoms with van der Waals surface area (Å²) >= 11 is 3.59. The third kappa shape index (κ3) is 4.03. The van der Waals surface area contributed by atoms with Crippen LogP contribution in [0.25, 0.3) is 28.3 Å². The van der Waals surface area contributed by atoms with Gasteiger partial charge in [0.1, 0.15) is 0 Å². The van der Waals surface area contributed by atoms with Gasteiger partial charge in [-0.15, -0.1) is 0 Å². The van der Waals surface area contributed by atoms with Crippen LogP contribution in [-0.4, -0.2) is 15.0 Å². The highest BCUT2D eigenvalue weighted by molar-refractivity contribution is 9.10. The zero-order chi connectivity index (χ0) is 18.4. The molecule has 128 valence electrons. The first kappa shape index (κ1) is 18.0. The Balaban J connectivity index is 2.25. The highest BCUT2D eigenvalue weighted by Gasteiger charge is 2.13. The van der Waals surface area contributed by atoms with E-state index in [1.165, 1.54) is 0 Å². The molecule has 0 atom stereocenters. The second-order valence-corrected chi connectivity index (χ2v) is 6.36. The maximum Gasteiger partial charge on any atom is 0.165 e. The summed E-state index contributed by atoms with van der Waals surface area (Å²) in [6.07, 6.45) is 7.56. The Labute approximate surface area is 162 Å². The Morgan fingerprint density at radius 1 is 0.923 bits per heavy atom. The molecule has 0 bridgehead atoms. The Morgan fingerprint density at radius 3 is 2.31 bits per heavy atom. The van der Waals surface area contributed by atoms with E-state index in [2.05, 4.69) is 22.5 Å². The van der Waals surface area contributed by atoms with Crippen LogP contribution in [0.2, 0.25) is 0 Å². The molecule has 0 spiro atoms. The summed E-state index contributed by atoms with van der Waals surface area (Å²) in [7, 11) is 0. The highest BCUT2D eigenvalue weighted by atomic mass is 79.9. The van der Waals surface area contributed by atoms with Crippen LogP contribution in [0.5, 0.6) is 0 Å². The fourth-order valence-corrected chi connectivity index (χ4v) is 2.96. The van der Waals surface area contributed by atoms with Gasteiger partial charge >= 0.3 is 0 Å². The number of benzene rings is 2. The van der Waals surface area contributed by atoms with Crippen LogP contribution in [0.15, 0.2) is 90.0 Å². The fourth-order valence-electron chi connectivity index (χ4n) is 2.50. The number of hydrogen-bond acceptors (Lipinski definition) is 3. The molecule has 4 heteroatoms. The highest BCUT2D eigenvalue weighted by Crippen LogP contribution is 2.28. The maximum atomic E-state index is 4.71. The van der Waals surface area contributed by atoms with Crippen molar-refractivity contribution in [2.45, 2.75) is 6.92 Å². The monoisotopic (exact) mass is 403 g/mol. The summed E-state index contributed by atoms with van der Waals surface area (Å²) in [6.45, 7) is 5.76. The SMILES string of the molecule is C=C/C=C(\C=C/C)c1nc(-c2ccccc2)nc(-c2ccccc2Br)n1. The van der Waals surface area contributed by atoms with Gasteiger partial charge < -0.3 is 0 Å². The van der Waals surface area contributed by atoms with Crippen molar-refractivity contribution >= 4 is 21.5 Å². The van der Waals surface area contributed by atoms with Crippen molar-refractivity contribution in [3.05, 3.63) is 95.8 Å². The van der Waals surface area contributed by atoms with E-state index in [4.69, 9.17) is 15.0 Å². The largest absolute Gasteiger partial charge is 0.208 e. The molecule has 0 saturated heterocycles. The van der Waals surface area contributed by atoms with Gasteiger partial charge in [-0.05, 0) is 13.0 Å². The molecule has 0 N–H and O–H groups in total. The Bertz CT molecular complexity index is 976. The summed E-state index contributed by atoms with van der Waals surface area (Å²) in [5.41, 5.74) is 2.75. The average molecular weight is 404 g/mol. The summed E-state index contributed by atoms with van der Waals surface area (Å²) in [4.78, 5) is 14.1. The van der Waals surface area contributed by atoms with Crippen LogP contribution in [0, 0.1) is 0 Å². The molecule has 0 amide bonds. The molecule has 0 aliphatic rings. The summed E-state index contributed by atoms with van der Waals surface area (Å²) in [6, 6.07) is 17.8. The van der Waals surface area contributed by atoms with Crippen molar-refractivity contribution < 1.29 is 0 Å². The summed E-state index contributed by atoms with van der Waals surface area (Å²) in [5, 5.41) is 0. The molecule has 0 fully saturated rings. The molecule has 1 aromatic heterocycles. The van der Waals surface area contributed by atoms with Gasteiger partial charge in [-0.25, -0.2) is 15.0 Å². The van der Waals surface area contributed by atoms with E-state index in [1.54, 1.807) is 6.08 Å². The van der Waals surface area contributed by atoms with Crippen LogP contribution in [0.3, 0.4) is 0 Å². The van der Waals surface area contributed by atoms with Crippen molar-refractivity contribution in [2.24, 2.45) is 0 Å². The van der Waals surface area contributed by atoms with Crippen molar-refractivity contribution in [3.63, 3.8) is 0 Å². The standard InChI is InChI=1S/C22H18BrN3/c1-3-10-16(11-4-2)20-24-21(17-12-6-5-7-13-17)26-22(25-20)18-14-8-9-15-19(18)23/h3-15H,1H2,2H3/b11-4-,16-10+. The number of hydrogen-bond donors (Lipinski definition) is 0. The average Bonchev–Trinajstić information content (AvgIpc) is 2.68. The molecule has 0 aliphatic carbocycles. The quantitative estimate of drug-likeness (QED) is 0.482. The molecule has 26 heavy (non-hydrogen) atoms. The van der Waals surface area contributed by atoms with Gasteiger partial charge in [0, 0.05) is 21.2 Å². The van der Waals surface area contributed by atoms with Gasteiger partial charge in [-0.3, -0.25) is 0 Å². The van der Waals surface area contributed by atoms with Crippen LogP contribution in [0.1, 0.15) is 12.7 Å². The number of aromatic nitrogens is 3. The van der Waals surface area contributed by atoms with Crippen molar-refractivity contribution in [3.8, 4) is 22.8 Å². The van der Waals surface area contributed by atoms with E-state index >= 15 is 0 Å². The molecule has 0 aliphatic heterocycles. The number of allylic oxidation sites excluding steroid dienone is 5. The van der Waals surface area contributed by atoms with Crippen LogP contribution in [0.4, 0.5) is 0 Å². The summed E-state index contributed by atoms with van der Waals surface area (Å²) < 4.78 is 0.941. The van der Waals surface area contributed by atoms with Crippen molar-refractivity contribution in [2.75, 3.05) is 0 Å². The van der Waals surface area contributed by atoms with Gasteiger partial charge in [-0.2, -0.15) is 0 Å². The molecule has 3 aromatic rings. The van der Waals surface area contributed by atoms with E-state index in [1.807, 2.05) is 79.7 Å². The first-order valence-electron chi connectivity index (χ1n) is 8.25. The number of rotatable bonds is 5. The second-order valence-electron chi connectivity index (χ2n) is 5.51. The molecular formula is C22H18BrN3. The van der Waals surface area contributed by atoms with Crippen molar-refractivity contribution in [1.82, 2.24) is 15.0 Å². The molecule has 2 aromatic carbocycles. The minimum absolute atomic E-state index is 0.614. The number of halogens is 1. The van der Waals surface area contributed by atoms with Gasteiger partial charge in [0.2, 0.25) is 0 Å².